The number of nitrogens with two attached hydrogens (primary N) is 1. The highest BCUT2D eigenvalue weighted by Crippen LogP contribution is 2.30. The van der Waals surface area contributed by atoms with Gasteiger partial charge in [0.1, 0.15) is 5.16 Å². The van der Waals surface area contributed by atoms with Gasteiger partial charge in [-0.05, 0) is 48.9 Å². The largest absolute Gasteiger partial charge is 0.478 e. The average Bonchev–Trinajstić information content (AvgIpc) is 2.84. The lowest BCUT2D eigenvalue weighted by molar-refractivity contribution is 0.0697. The first-order valence-electron chi connectivity index (χ1n) is 10.7. The van der Waals surface area contributed by atoms with Crippen molar-refractivity contribution in [3.8, 4) is 11.3 Å². The van der Waals surface area contributed by atoms with Crippen LogP contribution in [0.3, 0.4) is 0 Å². The second-order valence-corrected chi connectivity index (χ2v) is 8.64. The number of methoxy groups -OCH3 is 1. The minimum Gasteiger partial charge on any atom is -0.478 e. The maximum absolute atomic E-state index is 13.2. The SMILES string of the molecule is COCCC(CNc1ccc(C(=O)O)cc1)c1c[nH]c(-c2cc(Cl)ccc2N/C=C(\N)Cl)cc1=O. The highest BCUT2D eigenvalue weighted by atomic mass is 35.5. The fourth-order valence-electron chi connectivity index (χ4n) is 3.57. The number of nitrogens with one attached hydrogen (secondary N) is 3. The van der Waals surface area contributed by atoms with Crippen LogP contribution in [0.1, 0.15) is 28.3 Å². The number of halogens is 2. The molecule has 1 unspecified atom stereocenters. The van der Waals surface area contributed by atoms with Crippen molar-refractivity contribution in [2.75, 3.05) is 30.9 Å². The molecule has 0 fully saturated rings. The van der Waals surface area contributed by atoms with Crippen LogP contribution >= 0.6 is 23.2 Å². The Labute approximate surface area is 212 Å². The normalized spacial score (nSPS) is 12.3. The number of carboxylic acid groups (broad SMARTS) is 1. The third-order valence-electron chi connectivity index (χ3n) is 5.38. The van der Waals surface area contributed by atoms with E-state index >= 15 is 0 Å². The van der Waals surface area contributed by atoms with Gasteiger partial charge in [-0.2, -0.15) is 0 Å². The van der Waals surface area contributed by atoms with Crippen LogP contribution in [0.5, 0.6) is 0 Å². The number of anilines is 2. The van der Waals surface area contributed by atoms with Crippen LogP contribution < -0.4 is 21.8 Å². The van der Waals surface area contributed by atoms with Gasteiger partial charge in [-0.15, -0.1) is 0 Å². The second kappa shape index (κ2) is 12.3. The Morgan fingerprint density at radius 3 is 2.60 bits per heavy atom. The molecule has 0 saturated heterocycles. The molecule has 2 aromatic carbocycles. The first-order valence-corrected chi connectivity index (χ1v) is 11.5. The van der Waals surface area contributed by atoms with E-state index in [1.165, 1.54) is 24.4 Å². The van der Waals surface area contributed by atoms with Gasteiger partial charge in [-0.1, -0.05) is 23.2 Å². The van der Waals surface area contributed by atoms with Crippen molar-refractivity contribution < 1.29 is 14.6 Å². The van der Waals surface area contributed by atoms with E-state index in [0.717, 1.165) is 5.69 Å². The quantitative estimate of drug-likeness (QED) is 0.226. The number of aromatic carboxylic acids is 1. The fourth-order valence-corrected chi connectivity index (χ4v) is 3.80. The third-order valence-corrected chi connectivity index (χ3v) is 5.72. The number of aromatic amines is 1. The van der Waals surface area contributed by atoms with Crippen molar-refractivity contribution in [2.24, 2.45) is 5.73 Å². The molecule has 0 spiro atoms. The van der Waals surface area contributed by atoms with Gasteiger partial charge >= 0.3 is 5.97 Å². The van der Waals surface area contributed by atoms with E-state index < -0.39 is 5.97 Å². The molecule has 0 aliphatic rings. The van der Waals surface area contributed by atoms with E-state index in [4.69, 9.17) is 38.8 Å². The summed E-state index contributed by atoms with van der Waals surface area (Å²) in [6.45, 7) is 0.933. The van der Waals surface area contributed by atoms with E-state index in [1.807, 2.05) is 0 Å². The minimum atomic E-state index is -0.985. The number of carboxylic acids is 1. The number of ether oxygens (including phenoxy) is 1. The highest BCUT2D eigenvalue weighted by Gasteiger charge is 2.17. The Morgan fingerprint density at radius 2 is 1.97 bits per heavy atom. The average molecular weight is 517 g/mol. The fraction of sp³-hybridized carbons (Fsp3) is 0.200. The lowest BCUT2D eigenvalue weighted by atomic mass is 9.96. The summed E-state index contributed by atoms with van der Waals surface area (Å²) in [5.74, 6) is -1.14. The van der Waals surface area contributed by atoms with Gasteiger partial charge in [0.25, 0.3) is 0 Å². The van der Waals surface area contributed by atoms with Crippen LogP contribution in [0.25, 0.3) is 11.3 Å². The first-order chi connectivity index (χ1) is 16.8. The smallest absolute Gasteiger partial charge is 0.335 e. The summed E-state index contributed by atoms with van der Waals surface area (Å²) in [6.07, 6.45) is 3.75. The van der Waals surface area contributed by atoms with E-state index in [2.05, 4.69) is 15.6 Å². The van der Waals surface area contributed by atoms with Crippen molar-refractivity contribution in [1.82, 2.24) is 4.98 Å². The minimum absolute atomic E-state index is 0.0841. The predicted octanol–water partition coefficient (Wildman–Crippen LogP) is 5.03. The molecule has 10 heteroatoms. The lowest BCUT2D eigenvalue weighted by Gasteiger charge is -2.19. The van der Waals surface area contributed by atoms with Crippen LogP contribution in [0, 0.1) is 0 Å². The summed E-state index contributed by atoms with van der Waals surface area (Å²) in [6, 6.07) is 13.2. The van der Waals surface area contributed by atoms with Crippen LogP contribution in [0.2, 0.25) is 5.02 Å². The zero-order chi connectivity index (χ0) is 25.4. The lowest BCUT2D eigenvalue weighted by Crippen LogP contribution is -2.21. The molecule has 3 aromatic rings. The van der Waals surface area contributed by atoms with E-state index in [9.17, 15) is 9.59 Å². The number of pyridine rings is 1. The molecular weight excluding hydrogens is 491 g/mol. The van der Waals surface area contributed by atoms with Gasteiger partial charge in [0.05, 0.1) is 11.3 Å². The molecule has 0 radical (unpaired) electrons. The summed E-state index contributed by atoms with van der Waals surface area (Å²) in [5.41, 5.74) is 8.86. The summed E-state index contributed by atoms with van der Waals surface area (Å²) < 4.78 is 5.24. The molecular formula is C25H26Cl2N4O4. The molecule has 0 saturated carbocycles. The molecule has 0 amide bonds. The van der Waals surface area contributed by atoms with Crippen molar-refractivity contribution in [3.63, 3.8) is 0 Å². The summed E-state index contributed by atoms with van der Waals surface area (Å²) in [7, 11) is 1.61. The molecule has 184 valence electrons. The van der Waals surface area contributed by atoms with E-state index in [-0.39, 0.29) is 22.1 Å². The Kier molecular flexibility index (Phi) is 9.19. The second-order valence-electron chi connectivity index (χ2n) is 7.77. The van der Waals surface area contributed by atoms with Gasteiger partial charge in [0.15, 0.2) is 5.43 Å². The maximum atomic E-state index is 13.2. The Bertz CT molecular complexity index is 1260. The van der Waals surface area contributed by atoms with Gasteiger partial charge < -0.3 is 31.2 Å². The van der Waals surface area contributed by atoms with Gasteiger partial charge in [0.2, 0.25) is 0 Å². The monoisotopic (exact) mass is 516 g/mol. The standard InChI is InChI=1S/C25H26Cl2N4O4/c1-35-9-8-16(12-29-18-5-2-15(3-6-18)25(33)34)20-13-30-22(11-23(20)32)19-10-17(26)4-7-21(19)31-14-24(27)28/h2-7,10-11,13-14,16,29,31H,8-9,12,28H2,1H3,(H,30,32)(H,33,34)/b24-14-. The topological polar surface area (TPSA) is 129 Å². The van der Waals surface area contributed by atoms with Crippen LogP contribution in [-0.2, 0) is 4.74 Å². The molecule has 0 bridgehead atoms. The molecule has 0 aliphatic heterocycles. The van der Waals surface area contributed by atoms with Crippen LogP contribution in [-0.4, -0.2) is 36.3 Å². The first kappa shape index (κ1) is 26.2. The summed E-state index contributed by atoms with van der Waals surface area (Å²) in [4.78, 5) is 27.4. The van der Waals surface area contributed by atoms with E-state index in [1.54, 1.807) is 43.6 Å². The number of hydrogen-bond donors (Lipinski definition) is 5. The molecule has 1 atom stereocenters. The van der Waals surface area contributed by atoms with Crippen molar-refractivity contribution in [3.05, 3.63) is 92.5 Å². The molecule has 35 heavy (non-hydrogen) atoms. The Morgan fingerprint density at radius 1 is 1.23 bits per heavy atom. The summed E-state index contributed by atoms with van der Waals surface area (Å²) in [5, 5.41) is 15.9. The number of rotatable bonds is 11. The molecule has 3 rings (SSSR count). The van der Waals surface area contributed by atoms with Crippen molar-refractivity contribution >= 4 is 40.5 Å². The molecule has 0 aliphatic carbocycles. The molecule has 1 heterocycles. The van der Waals surface area contributed by atoms with Gasteiger partial charge in [0, 0.05) is 72.2 Å². The Hall–Kier alpha value is -3.46. The zero-order valence-electron chi connectivity index (χ0n) is 19.0. The van der Waals surface area contributed by atoms with E-state index in [0.29, 0.717) is 47.1 Å². The van der Waals surface area contributed by atoms with Crippen LogP contribution in [0.4, 0.5) is 11.4 Å². The number of benzene rings is 2. The number of hydrogen-bond acceptors (Lipinski definition) is 6. The third kappa shape index (κ3) is 7.26. The predicted molar refractivity (Wildman–Crippen MR) is 140 cm³/mol. The van der Waals surface area contributed by atoms with Gasteiger partial charge in [-0.25, -0.2) is 4.79 Å². The molecule has 8 nitrogen and oxygen atoms in total. The number of aromatic nitrogens is 1. The van der Waals surface area contributed by atoms with Crippen molar-refractivity contribution in [1.29, 1.82) is 0 Å². The zero-order valence-corrected chi connectivity index (χ0v) is 20.5. The maximum Gasteiger partial charge on any atom is 0.335 e. The molecule has 1 aromatic heterocycles. The van der Waals surface area contributed by atoms with Crippen molar-refractivity contribution in [2.45, 2.75) is 12.3 Å². The summed E-state index contributed by atoms with van der Waals surface area (Å²) >= 11 is 11.9. The molecule has 6 N–H and O–H groups in total. The number of carbonyl (C=O) groups is 1. The van der Waals surface area contributed by atoms with Crippen LogP contribution in [0.15, 0.2) is 70.9 Å². The Balaban J connectivity index is 1.86. The van der Waals surface area contributed by atoms with Gasteiger partial charge in [-0.3, -0.25) is 4.79 Å². The highest BCUT2D eigenvalue weighted by molar-refractivity contribution is 6.31. The number of H-pyrrole nitrogens is 1.